The van der Waals surface area contributed by atoms with E-state index in [4.69, 9.17) is 21.7 Å². The SMILES string of the molecule is C=C=CC(=O)CCCNC(=O)CCCCCN1C(=CC=CC2=[N+](C)c3ccccc3C2(C)C)C(C)(C)c2ccccc21.C=C=CC(=O)CCCNC(=O)CCCCCN1C(=CC=CC=CC2=[N+](C)c3ccc(C)cc3C2(C)C)C(C)(C)c2cc(S(=O)(=O)[O-])ccc21.C=C=CC(=O)NCCNC(=S)Nc1ccc2c(c1)C(=O)OC21c2ccc(C)cc2Oc2cc(O)ccc21.[Cl-]. The highest BCUT2D eigenvalue weighted by Gasteiger charge is 2.54. The molecular formula is C105H118ClN9O12S2. The van der Waals surface area contributed by atoms with Crippen LogP contribution in [-0.4, -0.2) is 132 Å². The van der Waals surface area contributed by atoms with Gasteiger partial charge in [-0.15, -0.1) is 17.2 Å². The van der Waals surface area contributed by atoms with Crippen molar-refractivity contribution in [1.29, 1.82) is 0 Å². The number of esters is 1. The quantitative estimate of drug-likeness (QED) is 0.00326. The van der Waals surface area contributed by atoms with Crippen LogP contribution in [0.3, 0.4) is 0 Å². The van der Waals surface area contributed by atoms with Gasteiger partial charge < -0.3 is 67.9 Å². The molecule has 7 aromatic rings. The van der Waals surface area contributed by atoms with Crippen molar-refractivity contribution in [1.82, 2.24) is 21.3 Å². The Kier molecular flexibility index (Phi) is 32.9. The average molecular weight is 1800 g/mol. The van der Waals surface area contributed by atoms with Crippen molar-refractivity contribution in [2.45, 2.75) is 178 Å². The molecule has 24 heteroatoms. The normalized spacial score (nSPS) is 16.8. The van der Waals surface area contributed by atoms with E-state index in [0.717, 1.165) is 67.6 Å². The van der Waals surface area contributed by atoms with Gasteiger partial charge in [0.25, 0.3) is 5.91 Å². The second-order valence-electron chi connectivity index (χ2n) is 34.9. The average Bonchev–Trinajstić information content (AvgIpc) is 1.58. The Bertz CT molecular complexity index is 5970. The smallest absolute Gasteiger partial charge is 0.340 e. The number of rotatable bonds is 33. The highest BCUT2D eigenvalue weighted by Crippen LogP contribution is 2.58. The molecule has 6 N–H and O–H groups in total. The lowest BCUT2D eigenvalue weighted by Crippen LogP contribution is -3.00. The van der Waals surface area contributed by atoms with Gasteiger partial charge in [0.05, 0.1) is 21.3 Å². The summed E-state index contributed by atoms with van der Waals surface area (Å²) in [4.78, 5) is 76.6. The zero-order chi connectivity index (χ0) is 92.5. The predicted molar refractivity (Wildman–Crippen MR) is 511 cm³/mol. The fourth-order valence-corrected chi connectivity index (χ4v) is 18.6. The molecule has 7 aromatic carbocycles. The van der Waals surface area contributed by atoms with E-state index in [-0.39, 0.29) is 68.6 Å². The zero-order valence-corrected chi connectivity index (χ0v) is 78.3. The Labute approximate surface area is 771 Å². The molecule has 6 aliphatic rings. The van der Waals surface area contributed by atoms with Crippen LogP contribution >= 0.6 is 12.2 Å². The first-order valence-corrected chi connectivity index (χ1v) is 45.4. The standard InChI is InChI=1S/C40H49N3O5S.C37H45N3O2.C28H23N3O5S.ClH/c1-8-16-30(44)17-15-25-41-38(45)20-13-10-14-26-43-35-24-22-31(49(46,47)48)28-33(35)40(5,6)37(43)19-12-9-11-18-36-39(3,4)32-27-29(2)21-23-34(32)42(36)7;1-7-17-28(41)18-16-26-38-35(42)25-9-8-14-27-40-32-22-13-11-20-30(32)37(4,5)34(40)24-15-23-33-36(2,3)29-19-10-12-21-31(29)39(33)6;1-3-4-25(33)29-11-12-30-27(37)31-17-6-9-20-19(14-17)26(34)36-28(20)21-8-5-16(2)13-23(21)35-24-15-18(32)7-10-22(24)28;/h9,11-12,16,18-19,21-24,27-28H,1,10,13-15,17,20,25-26H2,2-7H3,(H-,41,45,46,47,48);10-13,15,17,19-24H,1,8-9,14,16,18,25-27H2,2-6H3;4-10,13-15,32H,1,11-12H2,2H3,(H,29,33)(H2,30,31,37);1H. The summed E-state index contributed by atoms with van der Waals surface area (Å²) >= 11 is 5.35. The molecule has 0 fully saturated rings. The minimum absolute atomic E-state index is 0. The number of hydrogen-bond acceptors (Lipinski definition) is 15. The number of ketones is 2. The number of aryl methyl sites for hydroxylation is 2. The van der Waals surface area contributed by atoms with Crippen LogP contribution < -0.4 is 53.5 Å². The summed E-state index contributed by atoms with van der Waals surface area (Å²) in [7, 11) is -0.349. The number of unbranched alkanes of at least 4 members (excludes halogenated alkanes) is 4. The number of halogens is 1. The topological polar surface area (TPSA) is 271 Å². The van der Waals surface area contributed by atoms with Gasteiger partial charge in [0.15, 0.2) is 33.7 Å². The number of hydrogen-bond donors (Lipinski definition) is 6. The Balaban J connectivity index is 0.000000202. The summed E-state index contributed by atoms with van der Waals surface area (Å²) in [5.74, 6) is 0.216. The van der Waals surface area contributed by atoms with E-state index >= 15 is 0 Å². The lowest BCUT2D eigenvalue weighted by Gasteiger charge is -2.36. The Morgan fingerprint density at radius 2 is 1.03 bits per heavy atom. The number of nitrogens with one attached hydrogen (secondary N) is 5. The summed E-state index contributed by atoms with van der Waals surface area (Å²) in [5, 5.41) is 24.9. The van der Waals surface area contributed by atoms with Crippen molar-refractivity contribution in [3.05, 3.63) is 310 Å². The molecule has 0 saturated heterocycles. The molecule has 6 heterocycles. The summed E-state index contributed by atoms with van der Waals surface area (Å²) in [6.07, 6.45) is 29.0. The third kappa shape index (κ3) is 22.8. The molecule has 13 rings (SSSR count). The van der Waals surface area contributed by atoms with Gasteiger partial charge in [-0.1, -0.05) is 151 Å². The highest BCUT2D eigenvalue weighted by atomic mass is 35.5. The minimum Gasteiger partial charge on any atom is -1.00 e. The maximum Gasteiger partial charge on any atom is 0.340 e. The number of allylic oxidation sites excluding steroid dienone is 12. The molecule has 1 spiro atoms. The van der Waals surface area contributed by atoms with Gasteiger partial charge in [-0.2, -0.15) is 9.15 Å². The number of thiocarbonyl (C=S) groups is 1. The van der Waals surface area contributed by atoms with Gasteiger partial charge >= 0.3 is 5.97 Å². The van der Waals surface area contributed by atoms with Crippen molar-refractivity contribution in [2.75, 3.05) is 68.5 Å². The molecule has 1 atom stereocenters. The number of aromatic hydroxyl groups is 1. The number of phenols is 1. The van der Waals surface area contributed by atoms with Crippen LogP contribution in [0.4, 0.5) is 28.4 Å². The number of amides is 3. The fraction of sp³-hybridized carbons (Fsp3) is 0.333. The third-order valence-electron chi connectivity index (χ3n) is 24.4. The van der Waals surface area contributed by atoms with Crippen LogP contribution in [0.1, 0.15) is 193 Å². The van der Waals surface area contributed by atoms with E-state index in [1.807, 2.05) is 69.3 Å². The molecule has 674 valence electrons. The molecule has 0 bridgehead atoms. The lowest BCUT2D eigenvalue weighted by atomic mass is 9.77. The van der Waals surface area contributed by atoms with Gasteiger partial charge in [-0.05, 0) is 182 Å². The second kappa shape index (κ2) is 43.0. The summed E-state index contributed by atoms with van der Waals surface area (Å²) in [6, 6.07) is 44.4. The monoisotopic (exact) mass is 1800 g/mol. The van der Waals surface area contributed by atoms with Gasteiger partial charge in [0.1, 0.15) is 41.5 Å². The van der Waals surface area contributed by atoms with Crippen molar-refractivity contribution < 1.29 is 77.9 Å². The van der Waals surface area contributed by atoms with Crippen LogP contribution in [0.5, 0.6) is 17.2 Å². The summed E-state index contributed by atoms with van der Waals surface area (Å²) in [6.45, 7) is 35.3. The first kappa shape index (κ1) is 98.6. The Morgan fingerprint density at radius 3 is 1.64 bits per heavy atom. The van der Waals surface area contributed by atoms with Crippen LogP contribution in [0.15, 0.2) is 260 Å². The summed E-state index contributed by atoms with van der Waals surface area (Å²) in [5.41, 5.74) is 24.8. The molecule has 0 radical (unpaired) electrons. The number of fused-ring (bicyclic) bond motifs is 10. The van der Waals surface area contributed by atoms with Gasteiger partial charge in [-0.3, -0.25) is 24.0 Å². The molecule has 129 heavy (non-hydrogen) atoms. The molecule has 0 saturated carbocycles. The van der Waals surface area contributed by atoms with Crippen molar-refractivity contribution >= 4 is 103 Å². The van der Waals surface area contributed by atoms with Gasteiger partial charge in [0.2, 0.25) is 23.2 Å². The number of phenolic OH excluding ortho intramolecular Hbond substituents is 1. The van der Waals surface area contributed by atoms with Crippen LogP contribution in [0.25, 0.3) is 0 Å². The second-order valence-corrected chi connectivity index (χ2v) is 36.7. The van der Waals surface area contributed by atoms with Crippen molar-refractivity contribution in [3.8, 4) is 17.2 Å². The predicted octanol–water partition coefficient (Wildman–Crippen LogP) is 15.4. The van der Waals surface area contributed by atoms with Crippen LogP contribution in [0, 0.1) is 13.8 Å². The molecule has 0 aliphatic carbocycles. The number of nitrogens with zero attached hydrogens (tertiary/aromatic N) is 4. The first-order chi connectivity index (χ1) is 61.0. The van der Waals surface area contributed by atoms with Crippen LogP contribution in [0.2, 0.25) is 0 Å². The molecule has 3 amide bonds. The van der Waals surface area contributed by atoms with Crippen LogP contribution in [-0.2, 0) is 66.1 Å². The van der Waals surface area contributed by atoms with Crippen molar-refractivity contribution in [2.24, 2.45) is 0 Å². The van der Waals surface area contributed by atoms with E-state index in [0.29, 0.717) is 116 Å². The Hall–Kier alpha value is -12.6. The van der Waals surface area contributed by atoms with Gasteiger partial charge in [0, 0.05) is 181 Å². The van der Waals surface area contributed by atoms with E-state index in [9.17, 15) is 46.8 Å². The molecular weight excluding hydrogens is 1680 g/mol. The van der Waals surface area contributed by atoms with E-state index < -0.39 is 27.1 Å². The largest absolute Gasteiger partial charge is 1.00 e. The third-order valence-corrected chi connectivity index (χ3v) is 25.5. The number of carbonyl (C=O) groups is 6. The first-order valence-electron chi connectivity index (χ1n) is 43.6. The molecule has 1 unspecified atom stereocenters. The number of benzene rings is 7. The number of ether oxygens (including phenoxy) is 2. The maximum atomic E-state index is 13.2. The molecule has 21 nitrogen and oxygen atoms in total. The molecule has 0 aromatic heterocycles. The number of anilines is 3. The highest BCUT2D eigenvalue weighted by molar-refractivity contribution is 7.85. The number of para-hydroxylation sites is 2. The van der Waals surface area contributed by atoms with E-state index in [2.05, 4.69) is 242 Å². The number of carbonyl (C=O) groups excluding carboxylic acids is 6. The Morgan fingerprint density at radius 1 is 0.512 bits per heavy atom. The lowest BCUT2D eigenvalue weighted by molar-refractivity contribution is -0.401. The zero-order valence-electron chi connectivity index (χ0n) is 75.9. The summed E-state index contributed by atoms with van der Waals surface area (Å²) < 4.78 is 52.5. The fourth-order valence-electron chi connectivity index (χ4n) is 17.8. The molecule has 6 aliphatic heterocycles. The van der Waals surface area contributed by atoms with E-state index in [1.54, 1.807) is 24.3 Å². The van der Waals surface area contributed by atoms with Gasteiger partial charge in [-0.25, -0.2) is 13.2 Å². The van der Waals surface area contributed by atoms with Crippen molar-refractivity contribution in [3.63, 3.8) is 0 Å². The van der Waals surface area contributed by atoms with E-state index in [1.165, 1.54) is 92.9 Å². The minimum atomic E-state index is -4.61. The maximum absolute atomic E-state index is 13.2.